The van der Waals surface area contributed by atoms with Crippen molar-refractivity contribution in [3.63, 3.8) is 0 Å². The van der Waals surface area contributed by atoms with Gasteiger partial charge < -0.3 is 15.5 Å². The minimum absolute atomic E-state index is 0. The van der Waals surface area contributed by atoms with Crippen LogP contribution in [0.1, 0.15) is 35.7 Å². The van der Waals surface area contributed by atoms with Crippen molar-refractivity contribution < 1.29 is 9.59 Å². The molecule has 0 aliphatic carbocycles. The molecule has 6 heteroatoms. The molecule has 3 rings (SSSR count). The predicted molar refractivity (Wildman–Crippen MR) is 93.1 cm³/mol. The number of nitrogens with zero attached hydrogens (tertiary/aromatic N) is 2. The number of carbonyl (C=O) groups excluding carboxylic acids is 2. The lowest BCUT2D eigenvalue weighted by atomic mass is 9.96. The SMILES string of the molecule is CC(=O)N1CCc2cc(C(=O)N3CCC(CN)CC3)ccc21.Cl. The molecule has 0 spiro atoms. The van der Waals surface area contributed by atoms with Gasteiger partial charge in [0.25, 0.3) is 5.91 Å². The molecule has 126 valence electrons. The fourth-order valence-electron chi connectivity index (χ4n) is 3.42. The van der Waals surface area contributed by atoms with E-state index in [1.54, 1.807) is 11.8 Å². The molecule has 1 saturated heterocycles. The van der Waals surface area contributed by atoms with E-state index in [1.807, 2.05) is 23.1 Å². The molecule has 1 aromatic carbocycles. The Morgan fingerprint density at radius 3 is 2.52 bits per heavy atom. The molecule has 1 fully saturated rings. The molecule has 2 N–H and O–H groups in total. The second kappa shape index (κ2) is 7.32. The Hall–Kier alpha value is -1.59. The lowest BCUT2D eigenvalue weighted by Crippen LogP contribution is -2.40. The van der Waals surface area contributed by atoms with E-state index in [2.05, 4.69) is 0 Å². The average Bonchev–Trinajstić information content (AvgIpc) is 2.97. The first-order chi connectivity index (χ1) is 10.6. The largest absolute Gasteiger partial charge is 0.339 e. The number of piperidine rings is 1. The van der Waals surface area contributed by atoms with E-state index in [0.717, 1.165) is 49.2 Å². The van der Waals surface area contributed by atoms with E-state index < -0.39 is 0 Å². The quantitative estimate of drug-likeness (QED) is 0.895. The molecule has 2 aliphatic rings. The van der Waals surface area contributed by atoms with Gasteiger partial charge in [-0.3, -0.25) is 9.59 Å². The van der Waals surface area contributed by atoms with Gasteiger partial charge in [0.1, 0.15) is 0 Å². The van der Waals surface area contributed by atoms with Gasteiger partial charge in [0.15, 0.2) is 0 Å². The van der Waals surface area contributed by atoms with Crippen LogP contribution in [0.2, 0.25) is 0 Å². The number of likely N-dealkylation sites (tertiary alicyclic amines) is 1. The fourth-order valence-corrected chi connectivity index (χ4v) is 3.42. The Labute approximate surface area is 143 Å². The molecule has 0 bridgehead atoms. The van der Waals surface area contributed by atoms with Crippen molar-refractivity contribution in [1.82, 2.24) is 4.90 Å². The van der Waals surface area contributed by atoms with E-state index in [0.29, 0.717) is 19.0 Å². The van der Waals surface area contributed by atoms with Crippen LogP contribution in [-0.4, -0.2) is 42.9 Å². The minimum Gasteiger partial charge on any atom is -0.339 e. The van der Waals surface area contributed by atoms with Crippen LogP contribution >= 0.6 is 12.4 Å². The van der Waals surface area contributed by atoms with Crippen molar-refractivity contribution in [1.29, 1.82) is 0 Å². The zero-order valence-corrected chi connectivity index (χ0v) is 14.3. The summed E-state index contributed by atoms with van der Waals surface area (Å²) < 4.78 is 0. The van der Waals surface area contributed by atoms with Gasteiger partial charge in [0.2, 0.25) is 5.91 Å². The maximum Gasteiger partial charge on any atom is 0.253 e. The molecular formula is C17H24ClN3O2. The Bertz CT molecular complexity index is 598. The molecule has 0 unspecified atom stereocenters. The molecule has 0 atom stereocenters. The molecular weight excluding hydrogens is 314 g/mol. The van der Waals surface area contributed by atoms with Crippen molar-refractivity contribution in [2.24, 2.45) is 11.7 Å². The number of fused-ring (bicyclic) bond motifs is 1. The lowest BCUT2D eigenvalue weighted by molar-refractivity contribution is -0.116. The highest BCUT2D eigenvalue weighted by Crippen LogP contribution is 2.29. The van der Waals surface area contributed by atoms with E-state index in [4.69, 9.17) is 5.73 Å². The third-order valence-corrected chi connectivity index (χ3v) is 4.84. The topological polar surface area (TPSA) is 66.6 Å². The number of amides is 2. The number of benzene rings is 1. The van der Waals surface area contributed by atoms with Gasteiger partial charge in [-0.2, -0.15) is 0 Å². The summed E-state index contributed by atoms with van der Waals surface area (Å²) in [5.41, 5.74) is 8.48. The molecule has 2 heterocycles. The van der Waals surface area contributed by atoms with Crippen LogP contribution in [0, 0.1) is 5.92 Å². The lowest BCUT2D eigenvalue weighted by Gasteiger charge is -2.31. The number of hydrogen-bond acceptors (Lipinski definition) is 3. The molecule has 2 amide bonds. The van der Waals surface area contributed by atoms with Crippen LogP contribution < -0.4 is 10.6 Å². The summed E-state index contributed by atoms with van der Waals surface area (Å²) in [6.07, 6.45) is 2.81. The monoisotopic (exact) mass is 337 g/mol. The highest BCUT2D eigenvalue weighted by atomic mass is 35.5. The maximum absolute atomic E-state index is 12.6. The van der Waals surface area contributed by atoms with Gasteiger partial charge in [-0.1, -0.05) is 0 Å². The van der Waals surface area contributed by atoms with Gasteiger partial charge in [-0.25, -0.2) is 0 Å². The van der Waals surface area contributed by atoms with Crippen molar-refractivity contribution in [3.05, 3.63) is 29.3 Å². The summed E-state index contributed by atoms with van der Waals surface area (Å²) in [6, 6.07) is 5.71. The smallest absolute Gasteiger partial charge is 0.253 e. The van der Waals surface area contributed by atoms with Gasteiger partial charge in [-0.15, -0.1) is 12.4 Å². The molecule has 5 nitrogen and oxygen atoms in total. The summed E-state index contributed by atoms with van der Waals surface area (Å²) in [6.45, 7) is 4.58. The number of anilines is 1. The summed E-state index contributed by atoms with van der Waals surface area (Å²) in [5.74, 6) is 0.703. The number of halogens is 1. The molecule has 0 radical (unpaired) electrons. The van der Waals surface area contributed by atoms with Crippen LogP contribution in [-0.2, 0) is 11.2 Å². The van der Waals surface area contributed by atoms with Crippen LogP contribution in [0.25, 0.3) is 0 Å². The Morgan fingerprint density at radius 1 is 1.22 bits per heavy atom. The number of carbonyl (C=O) groups is 2. The van der Waals surface area contributed by atoms with Crippen molar-refractivity contribution >= 4 is 29.9 Å². The van der Waals surface area contributed by atoms with Crippen LogP contribution in [0.15, 0.2) is 18.2 Å². The van der Waals surface area contributed by atoms with Crippen LogP contribution in [0.5, 0.6) is 0 Å². The Kier molecular flexibility index (Phi) is 5.65. The Balaban J connectivity index is 0.00000192. The van der Waals surface area contributed by atoms with Gasteiger partial charge in [0.05, 0.1) is 0 Å². The normalized spacial score (nSPS) is 17.7. The Morgan fingerprint density at radius 2 is 1.91 bits per heavy atom. The summed E-state index contributed by atoms with van der Waals surface area (Å²) >= 11 is 0. The fraction of sp³-hybridized carbons (Fsp3) is 0.529. The van der Waals surface area contributed by atoms with E-state index in [9.17, 15) is 9.59 Å². The van der Waals surface area contributed by atoms with Gasteiger partial charge >= 0.3 is 0 Å². The minimum atomic E-state index is 0. The van der Waals surface area contributed by atoms with Crippen molar-refractivity contribution in [2.75, 3.05) is 31.1 Å². The standard InChI is InChI=1S/C17H23N3O2.ClH/c1-12(21)20-9-6-14-10-15(2-3-16(14)20)17(22)19-7-4-13(11-18)5-8-19;/h2-3,10,13H,4-9,11,18H2,1H3;1H. The van der Waals surface area contributed by atoms with Gasteiger partial charge in [-0.05, 0) is 55.5 Å². The van der Waals surface area contributed by atoms with Crippen molar-refractivity contribution in [2.45, 2.75) is 26.2 Å². The third-order valence-electron chi connectivity index (χ3n) is 4.84. The first kappa shape index (κ1) is 17.8. The highest BCUT2D eigenvalue weighted by Gasteiger charge is 2.26. The molecule has 1 aromatic rings. The first-order valence-corrected chi connectivity index (χ1v) is 8.00. The molecule has 2 aliphatic heterocycles. The summed E-state index contributed by atoms with van der Waals surface area (Å²) in [4.78, 5) is 27.9. The number of rotatable bonds is 2. The third kappa shape index (κ3) is 3.51. The van der Waals surface area contributed by atoms with E-state index in [1.165, 1.54) is 0 Å². The molecule has 0 saturated carbocycles. The van der Waals surface area contributed by atoms with Crippen LogP contribution in [0.3, 0.4) is 0 Å². The van der Waals surface area contributed by atoms with E-state index in [-0.39, 0.29) is 24.2 Å². The number of nitrogens with two attached hydrogens (primary N) is 1. The second-order valence-electron chi connectivity index (χ2n) is 6.24. The van der Waals surface area contributed by atoms with Crippen LogP contribution in [0.4, 0.5) is 5.69 Å². The highest BCUT2D eigenvalue weighted by molar-refractivity contribution is 5.97. The van der Waals surface area contributed by atoms with Gasteiger partial charge in [0, 0.05) is 37.8 Å². The molecule has 23 heavy (non-hydrogen) atoms. The van der Waals surface area contributed by atoms with E-state index >= 15 is 0 Å². The predicted octanol–water partition coefficient (Wildman–Crippen LogP) is 1.83. The maximum atomic E-state index is 12.6. The number of hydrogen-bond donors (Lipinski definition) is 1. The second-order valence-corrected chi connectivity index (χ2v) is 6.24. The van der Waals surface area contributed by atoms with Crippen molar-refractivity contribution in [3.8, 4) is 0 Å². The zero-order valence-electron chi connectivity index (χ0n) is 13.5. The first-order valence-electron chi connectivity index (χ1n) is 8.00. The average molecular weight is 338 g/mol. The summed E-state index contributed by atoms with van der Waals surface area (Å²) in [7, 11) is 0. The molecule has 0 aromatic heterocycles. The summed E-state index contributed by atoms with van der Waals surface area (Å²) in [5, 5.41) is 0. The zero-order chi connectivity index (χ0) is 15.7.